The highest BCUT2D eigenvalue weighted by Crippen LogP contribution is 2.04. The Kier molecular flexibility index (Phi) is 18.2. The van der Waals surface area contributed by atoms with Gasteiger partial charge in [-0.15, -0.1) is 0 Å². The molecule has 0 saturated heterocycles. The van der Waals surface area contributed by atoms with Crippen LogP contribution in [0.5, 0.6) is 0 Å². The van der Waals surface area contributed by atoms with Crippen LogP contribution in [-0.4, -0.2) is 53.0 Å². The standard InChI is InChI=1S/C10H19N3.C8H15N3.C6H11N3.C3H6N4/c1-2-3-5-9-8-12-10(13-9)6-4-7-11;1-2-3-7-6-10-8(11-7)4-5-9;1-2-5-4-8-6(3-7)9-5;4-2-1-6-3(5)7-2/h8H,2-7,11H2,1H3,(H,12,13);6H,2-5,9H2,1H3,(H,10,11);4H,2-3,7H2,1H3,(H,8,9);1H,4H2,(H3,5,6,7). The van der Waals surface area contributed by atoms with E-state index >= 15 is 0 Å². The number of unbranched alkanes of at least 4 members (excludes halogenated alkanes) is 1. The first-order valence-electron chi connectivity index (χ1n) is 14.1. The van der Waals surface area contributed by atoms with Crippen LogP contribution in [0.25, 0.3) is 0 Å². The van der Waals surface area contributed by atoms with Crippen molar-refractivity contribution in [2.24, 2.45) is 17.2 Å². The van der Waals surface area contributed by atoms with E-state index in [1.807, 2.05) is 18.6 Å². The van der Waals surface area contributed by atoms with Crippen molar-refractivity contribution in [1.29, 1.82) is 0 Å². The predicted molar refractivity (Wildman–Crippen MR) is 163 cm³/mol. The number of rotatable bonds is 12. The highest BCUT2D eigenvalue weighted by Gasteiger charge is 1.99. The fourth-order valence-electron chi connectivity index (χ4n) is 3.40. The highest BCUT2D eigenvalue weighted by atomic mass is 15.1. The van der Waals surface area contributed by atoms with Crippen LogP contribution >= 0.6 is 0 Å². The van der Waals surface area contributed by atoms with Gasteiger partial charge in [-0.25, -0.2) is 19.9 Å². The average molecular weight is 558 g/mol. The van der Waals surface area contributed by atoms with Crippen molar-refractivity contribution in [1.82, 2.24) is 39.9 Å². The van der Waals surface area contributed by atoms with Gasteiger partial charge in [0.15, 0.2) is 5.95 Å². The van der Waals surface area contributed by atoms with E-state index in [0.717, 1.165) is 74.7 Å². The van der Waals surface area contributed by atoms with Crippen LogP contribution < -0.4 is 28.7 Å². The summed E-state index contributed by atoms with van der Waals surface area (Å²) in [6, 6.07) is 0. The molecule has 0 spiro atoms. The minimum absolute atomic E-state index is 0.359. The Hall–Kier alpha value is -3.68. The number of imidazole rings is 4. The van der Waals surface area contributed by atoms with E-state index in [1.54, 1.807) is 0 Å². The van der Waals surface area contributed by atoms with E-state index in [2.05, 4.69) is 60.6 Å². The maximum atomic E-state index is 5.42. The summed E-state index contributed by atoms with van der Waals surface area (Å²) in [5.74, 6) is 3.81. The lowest BCUT2D eigenvalue weighted by atomic mass is 10.2. The zero-order valence-electron chi connectivity index (χ0n) is 24.5. The van der Waals surface area contributed by atoms with Crippen LogP contribution in [0.1, 0.15) is 81.0 Å². The Morgan fingerprint density at radius 3 is 1.60 bits per heavy atom. The van der Waals surface area contributed by atoms with Gasteiger partial charge in [0.1, 0.15) is 23.3 Å². The van der Waals surface area contributed by atoms with E-state index in [4.69, 9.17) is 28.7 Å². The van der Waals surface area contributed by atoms with Gasteiger partial charge in [-0.1, -0.05) is 33.6 Å². The average Bonchev–Trinajstić information content (AvgIpc) is 3.77. The van der Waals surface area contributed by atoms with Crippen LogP contribution in [0, 0.1) is 0 Å². The number of H-pyrrole nitrogens is 4. The summed E-state index contributed by atoms with van der Waals surface area (Å²) in [7, 11) is 0. The highest BCUT2D eigenvalue weighted by molar-refractivity contribution is 5.32. The number of nitrogens with two attached hydrogens (primary N) is 5. The largest absolute Gasteiger partial charge is 0.384 e. The van der Waals surface area contributed by atoms with Crippen molar-refractivity contribution in [2.45, 2.75) is 85.1 Å². The van der Waals surface area contributed by atoms with Crippen LogP contribution in [-0.2, 0) is 38.6 Å². The molecule has 0 amide bonds. The van der Waals surface area contributed by atoms with E-state index in [-0.39, 0.29) is 0 Å². The Bertz CT molecular complexity index is 1050. The zero-order chi connectivity index (χ0) is 29.6. The zero-order valence-corrected chi connectivity index (χ0v) is 24.5. The van der Waals surface area contributed by atoms with E-state index in [1.165, 1.54) is 30.4 Å². The third-order valence-electron chi connectivity index (χ3n) is 5.55. The molecule has 14 N–H and O–H groups in total. The van der Waals surface area contributed by atoms with Crippen LogP contribution in [0.4, 0.5) is 11.8 Å². The monoisotopic (exact) mass is 557 g/mol. The molecule has 0 aliphatic heterocycles. The van der Waals surface area contributed by atoms with Gasteiger partial charge in [0.2, 0.25) is 0 Å². The summed E-state index contributed by atoms with van der Waals surface area (Å²) < 4.78 is 0. The van der Waals surface area contributed by atoms with Gasteiger partial charge in [-0.05, 0) is 45.2 Å². The number of anilines is 2. The lowest BCUT2D eigenvalue weighted by molar-refractivity contribution is 0.765. The fourth-order valence-corrected chi connectivity index (χ4v) is 3.40. The molecule has 4 heterocycles. The normalized spacial score (nSPS) is 10.2. The molecular weight excluding hydrogens is 506 g/mol. The Morgan fingerprint density at radius 1 is 0.575 bits per heavy atom. The van der Waals surface area contributed by atoms with E-state index in [0.29, 0.717) is 24.9 Å². The van der Waals surface area contributed by atoms with Crippen molar-refractivity contribution in [3.05, 3.63) is 59.3 Å². The molecule has 224 valence electrons. The molecule has 0 atom stereocenters. The fraction of sp³-hybridized carbons (Fsp3) is 0.556. The van der Waals surface area contributed by atoms with Crippen LogP contribution in [0.3, 0.4) is 0 Å². The minimum Gasteiger partial charge on any atom is -0.384 e. The first-order chi connectivity index (χ1) is 19.4. The van der Waals surface area contributed by atoms with Crippen molar-refractivity contribution >= 4 is 11.8 Å². The molecule has 40 heavy (non-hydrogen) atoms. The summed E-state index contributed by atoms with van der Waals surface area (Å²) in [4.78, 5) is 28.3. The maximum absolute atomic E-state index is 5.42. The van der Waals surface area contributed by atoms with Crippen molar-refractivity contribution in [2.75, 3.05) is 24.6 Å². The number of nitrogens with zero attached hydrogens (tertiary/aromatic N) is 4. The first-order valence-corrected chi connectivity index (χ1v) is 14.1. The van der Waals surface area contributed by atoms with Gasteiger partial charge >= 0.3 is 0 Å². The lowest BCUT2D eigenvalue weighted by Gasteiger charge is -1.94. The molecule has 0 aromatic carbocycles. The second-order valence-corrected chi connectivity index (χ2v) is 9.13. The van der Waals surface area contributed by atoms with Crippen molar-refractivity contribution in [3.8, 4) is 0 Å². The number of nitrogens with one attached hydrogen (secondary N) is 4. The topological polar surface area (TPSA) is 245 Å². The number of hydrogen-bond donors (Lipinski definition) is 9. The number of aryl methyl sites for hydroxylation is 4. The second-order valence-electron chi connectivity index (χ2n) is 9.13. The van der Waals surface area contributed by atoms with E-state index in [9.17, 15) is 0 Å². The maximum Gasteiger partial charge on any atom is 0.199 e. The molecule has 0 fully saturated rings. The summed E-state index contributed by atoms with van der Waals surface area (Å²) in [6.45, 7) is 8.34. The number of nitrogen functional groups attached to an aromatic ring is 2. The summed E-state index contributed by atoms with van der Waals surface area (Å²) in [5.41, 5.74) is 30.1. The summed E-state index contributed by atoms with van der Waals surface area (Å²) in [5, 5.41) is 0. The Balaban J connectivity index is 0.000000273. The Morgan fingerprint density at radius 2 is 1.18 bits per heavy atom. The number of aromatic nitrogens is 8. The smallest absolute Gasteiger partial charge is 0.199 e. The molecule has 13 heteroatoms. The molecule has 4 rings (SSSR count). The first kappa shape index (κ1) is 34.3. The summed E-state index contributed by atoms with van der Waals surface area (Å²) >= 11 is 0. The Labute approximate surface area is 238 Å². The molecule has 0 radical (unpaired) electrons. The molecule has 4 aromatic heterocycles. The minimum atomic E-state index is 0.359. The van der Waals surface area contributed by atoms with Gasteiger partial charge in [0, 0.05) is 48.5 Å². The lowest BCUT2D eigenvalue weighted by Crippen LogP contribution is -2.03. The molecule has 0 unspecified atom stereocenters. The molecule has 0 aliphatic carbocycles. The third-order valence-corrected chi connectivity index (χ3v) is 5.55. The van der Waals surface area contributed by atoms with E-state index < -0.39 is 0 Å². The van der Waals surface area contributed by atoms with Gasteiger partial charge in [0.05, 0.1) is 12.7 Å². The van der Waals surface area contributed by atoms with Crippen molar-refractivity contribution in [3.63, 3.8) is 0 Å². The second kappa shape index (κ2) is 21.2. The molecule has 4 aromatic rings. The summed E-state index contributed by atoms with van der Waals surface area (Å²) in [6.07, 6.45) is 16.8. The molecule has 13 nitrogen and oxygen atoms in total. The number of hydrogen-bond acceptors (Lipinski definition) is 9. The van der Waals surface area contributed by atoms with Gasteiger partial charge < -0.3 is 48.6 Å². The third kappa shape index (κ3) is 15.0. The van der Waals surface area contributed by atoms with Crippen molar-refractivity contribution < 1.29 is 0 Å². The van der Waals surface area contributed by atoms with Gasteiger partial charge in [-0.2, -0.15) is 0 Å². The predicted octanol–water partition coefficient (Wildman–Crippen LogP) is 2.51. The SMILES string of the molecule is CCCCc1cnc(CCCN)[nH]1.CCCc1cnc(CCN)[nH]1.CCc1cnc(CN)[nH]1.Nc1cnc(N)[nH]1. The van der Waals surface area contributed by atoms with Crippen LogP contribution in [0.15, 0.2) is 24.8 Å². The van der Waals surface area contributed by atoms with Gasteiger partial charge in [-0.3, -0.25) is 0 Å². The molecule has 0 bridgehead atoms. The molecular formula is C27H51N13. The molecule has 0 saturated carbocycles. The quantitative estimate of drug-likeness (QED) is 0.124. The van der Waals surface area contributed by atoms with Gasteiger partial charge in [0.25, 0.3) is 0 Å². The van der Waals surface area contributed by atoms with Crippen LogP contribution in [0.2, 0.25) is 0 Å². The number of aromatic amines is 4. The molecule has 0 aliphatic rings.